The lowest BCUT2D eigenvalue weighted by Crippen LogP contribution is -2.39. The molecule has 0 radical (unpaired) electrons. The predicted molar refractivity (Wildman–Crippen MR) is 124 cm³/mol. The molecule has 32 heavy (non-hydrogen) atoms. The van der Waals surface area contributed by atoms with E-state index < -0.39 is 0 Å². The molecule has 0 saturated heterocycles. The van der Waals surface area contributed by atoms with Crippen LogP contribution in [0.2, 0.25) is 0 Å². The number of nitrogens with zero attached hydrogens (tertiary/aromatic N) is 3. The number of H-pyrrole nitrogens is 1. The summed E-state index contributed by atoms with van der Waals surface area (Å²) in [6.07, 6.45) is 4.46. The molecule has 2 aromatic heterocycles. The Morgan fingerprint density at radius 2 is 1.94 bits per heavy atom. The van der Waals surface area contributed by atoms with Gasteiger partial charge in [0.15, 0.2) is 0 Å². The van der Waals surface area contributed by atoms with Gasteiger partial charge >= 0.3 is 0 Å². The maximum atomic E-state index is 13.7. The minimum absolute atomic E-state index is 0.0166. The van der Waals surface area contributed by atoms with E-state index in [1.165, 1.54) is 0 Å². The zero-order valence-corrected chi connectivity index (χ0v) is 19.6. The van der Waals surface area contributed by atoms with Gasteiger partial charge in [0.25, 0.3) is 11.5 Å². The quantitative estimate of drug-likeness (QED) is 0.664. The van der Waals surface area contributed by atoms with Crippen molar-refractivity contribution in [2.24, 2.45) is 7.05 Å². The van der Waals surface area contributed by atoms with Crippen LogP contribution in [-0.4, -0.2) is 38.2 Å². The number of aryl methyl sites for hydroxylation is 3. The molecule has 0 unspecified atom stereocenters. The Balaban J connectivity index is 1.80. The first kappa shape index (κ1) is 21.9. The third-order valence-corrected chi connectivity index (χ3v) is 6.00. The number of benzene rings is 1. The van der Waals surface area contributed by atoms with Crippen LogP contribution >= 0.6 is 0 Å². The summed E-state index contributed by atoms with van der Waals surface area (Å²) in [7, 11) is 1.88. The number of aromatic amines is 1. The smallest absolute Gasteiger partial charge is 0.254 e. The first-order chi connectivity index (χ1) is 15.2. The number of rotatable bonds is 5. The Hall–Kier alpha value is -3.35. The Bertz CT molecular complexity index is 1250. The SMILES string of the molecule is Cc1cc(C)c(CN2CCc3c(-c4cnn(C)c4)cc(OC(C)C)c(C)c3C2=O)c(=O)[nH]1. The number of amides is 1. The van der Waals surface area contributed by atoms with E-state index in [2.05, 4.69) is 10.1 Å². The van der Waals surface area contributed by atoms with Gasteiger partial charge in [0, 0.05) is 42.2 Å². The largest absolute Gasteiger partial charge is 0.491 e. The number of hydrogen-bond acceptors (Lipinski definition) is 4. The molecule has 0 spiro atoms. The summed E-state index contributed by atoms with van der Waals surface area (Å²) >= 11 is 0. The molecule has 4 rings (SSSR count). The summed E-state index contributed by atoms with van der Waals surface area (Å²) in [6.45, 7) is 10.5. The Labute approximate surface area is 188 Å². The molecule has 1 aliphatic heterocycles. The van der Waals surface area contributed by atoms with Crippen molar-refractivity contribution in [2.75, 3.05) is 6.54 Å². The highest BCUT2D eigenvalue weighted by molar-refractivity contribution is 6.01. The minimum Gasteiger partial charge on any atom is -0.491 e. The average molecular weight is 435 g/mol. The maximum absolute atomic E-state index is 13.7. The van der Waals surface area contributed by atoms with E-state index in [9.17, 15) is 9.59 Å². The molecule has 0 saturated carbocycles. The van der Waals surface area contributed by atoms with Gasteiger partial charge in [0.05, 0.1) is 24.4 Å². The van der Waals surface area contributed by atoms with Crippen molar-refractivity contribution in [3.8, 4) is 16.9 Å². The highest BCUT2D eigenvalue weighted by Gasteiger charge is 2.31. The van der Waals surface area contributed by atoms with E-state index in [1.807, 2.05) is 66.2 Å². The molecule has 1 aliphatic rings. The monoisotopic (exact) mass is 434 g/mol. The van der Waals surface area contributed by atoms with Crippen LogP contribution in [0.5, 0.6) is 5.75 Å². The standard InChI is InChI=1S/C25H30N4O3/c1-14(2)32-22-10-20(18-11-26-28(6)12-18)19-7-8-29(25(31)23(19)17(22)5)13-21-15(3)9-16(4)27-24(21)30/h9-12,14H,7-8,13H2,1-6H3,(H,27,30). The summed E-state index contributed by atoms with van der Waals surface area (Å²) in [5.74, 6) is 0.639. The van der Waals surface area contributed by atoms with Crippen LogP contribution in [-0.2, 0) is 20.0 Å². The van der Waals surface area contributed by atoms with Crippen LogP contribution in [0.4, 0.5) is 0 Å². The molecule has 0 atom stereocenters. The van der Waals surface area contributed by atoms with Crippen molar-refractivity contribution >= 4 is 5.91 Å². The number of fused-ring (bicyclic) bond motifs is 1. The number of aromatic nitrogens is 3. The molecular weight excluding hydrogens is 404 g/mol. The molecule has 0 aliphatic carbocycles. The van der Waals surface area contributed by atoms with Crippen LogP contribution < -0.4 is 10.3 Å². The molecule has 0 fully saturated rings. The average Bonchev–Trinajstić information content (AvgIpc) is 3.13. The Morgan fingerprint density at radius 3 is 2.56 bits per heavy atom. The second-order valence-corrected chi connectivity index (χ2v) is 8.89. The first-order valence-electron chi connectivity index (χ1n) is 11.0. The van der Waals surface area contributed by atoms with E-state index in [-0.39, 0.29) is 24.1 Å². The van der Waals surface area contributed by atoms with E-state index in [0.717, 1.165) is 33.5 Å². The van der Waals surface area contributed by atoms with Crippen molar-refractivity contribution < 1.29 is 9.53 Å². The summed E-state index contributed by atoms with van der Waals surface area (Å²) in [4.78, 5) is 30.9. The fourth-order valence-electron chi connectivity index (χ4n) is 4.48. The summed E-state index contributed by atoms with van der Waals surface area (Å²) in [6, 6.07) is 3.97. The summed E-state index contributed by atoms with van der Waals surface area (Å²) < 4.78 is 7.84. The predicted octanol–water partition coefficient (Wildman–Crippen LogP) is 3.69. The van der Waals surface area contributed by atoms with Crippen molar-refractivity contribution in [1.82, 2.24) is 19.7 Å². The van der Waals surface area contributed by atoms with E-state index >= 15 is 0 Å². The molecule has 3 aromatic rings. The van der Waals surface area contributed by atoms with Crippen molar-refractivity contribution in [2.45, 2.75) is 53.7 Å². The highest BCUT2D eigenvalue weighted by Crippen LogP contribution is 2.38. The molecule has 1 N–H and O–H groups in total. The van der Waals surface area contributed by atoms with E-state index in [0.29, 0.717) is 29.8 Å². The molecule has 3 heterocycles. The van der Waals surface area contributed by atoms with Crippen LogP contribution in [0, 0.1) is 20.8 Å². The second-order valence-electron chi connectivity index (χ2n) is 8.89. The lowest BCUT2D eigenvalue weighted by atomic mass is 9.87. The Kier molecular flexibility index (Phi) is 5.67. The fraction of sp³-hybridized carbons (Fsp3) is 0.400. The zero-order chi connectivity index (χ0) is 23.2. The van der Waals surface area contributed by atoms with Gasteiger partial charge in [0.2, 0.25) is 0 Å². The summed E-state index contributed by atoms with van der Waals surface area (Å²) in [5.41, 5.74) is 6.69. The van der Waals surface area contributed by atoms with E-state index in [4.69, 9.17) is 4.74 Å². The molecule has 7 nitrogen and oxygen atoms in total. The lowest BCUT2D eigenvalue weighted by molar-refractivity contribution is 0.0724. The van der Waals surface area contributed by atoms with Crippen LogP contribution in [0.25, 0.3) is 11.1 Å². The Morgan fingerprint density at radius 1 is 1.19 bits per heavy atom. The topological polar surface area (TPSA) is 80.2 Å². The lowest BCUT2D eigenvalue weighted by Gasteiger charge is -2.32. The first-order valence-corrected chi connectivity index (χ1v) is 11.0. The number of pyridine rings is 1. The van der Waals surface area contributed by atoms with Gasteiger partial charge in [-0.05, 0) is 69.9 Å². The van der Waals surface area contributed by atoms with Gasteiger partial charge in [-0.25, -0.2) is 0 Å². The van der Waals surface area contributed by atoms with Crippen LogP contribution in [0.1, 0.15) is 52.2 Å². The van der Waals surface area contributed by atoms with Gasteiger partial charge in [0.1, 0.15) is 5.75 Å². The van der Waals surface area contributed by atoms with Crippen molar-refractivity contribution in [3.05, 3.63) is 68.4 Å². The van der Waals surface area contributed by atoms with Crippen molar-refractivity contribution in [3.63, 3.8) is 0 Å². The molecule has 7 heteroatoms. The van der Waals surface area contributed by atoms with Crippen LogP contribution in [0.3, 0.4) is 0 Å². The van der Waals surface area contributed by atoms with E-state index in [1.54, 1.807) is 9.58 Å². The van der Waals surface area contributed by atoms with Gasteiger partial charge in [-0.15, -0.1) is 0 Å². The number of carbonyl (C=O) groups excluding carboxylic acids is 1. The second kappa shape index (κ2) is 8.30. The normalized spacial score (nSPS) is 13.6. The third kappa shape index (κ3) is 3.95. The maximum Gasteiger partial charge on any atom is 0.254 e. The molecule has 168 valence electrons. The van der Waals surface area contributed by atoms with Gasteiger partial charge in [-0.1, -0.05) is 0 Å². The summed E-state index contributed by atoms with van der Waals surface area (Å²) in [5, 5.41) is 4.31. The fourth-order valence-corrected chi connectivity index (χ4v) is 4.48. The third-order valence-electron chi connectivity index (χ3n) is 6.00. The number of hydrogen-bond donors (Lipinski definition) is 1. The van der Waals surface area contributed by atoms with Crippen LogP contribution in [0.15, 0.2) is 29.3 Å². The molecule has 1 amide bonds. The molecule has 0 bridgehead atoms. The number of nitrogens with one attached hydrogen (secondary N) is 1. The van der Waals surface area contributed by atoms with Crippen molar-refractivity contribution in [1.29, 1.82) is 0 Å². The molecular formula is C25H30N4O3. The zero-order valence-electron chi connectivity index (χ0n) is 19.6. The van der Waals surface area contributed by atoms with Gasteiger partial charge in [-0.3, -0.25) is 14.3 Å². The van der Waals surface area contributed by atoms with Gasteiger partial charge < -0.3 is 14.6 Å². The minimum atomic E-state index is -0.134. The van der Waals surface area contributed by atoms with Gasteiger partial charge in [-0.2, -0.15) is 5.10 Å². The molecule has 1 aromatic carbocycles. The number of carbonyl (C=O) groups is 1. The highest BCUT2D eigenvalue weighted by atomic mass is 16.5. The number of ether oxygens (including phenoxy) is 1.